The van der Waals surface area contributed by atoms with Crippen LogP contribution in [0.15, 0.2) is 21.6 Å². The van der Waals surface area contributed by atoms with Gasteiger partial charge in [0.15, 0.2) is 24.0 Å². The second kappa shape index (κ2) is 2.35. The SMILES string of the molecule is Cc1c2ncoc2c(C)c2ncoc12. The van der Waals surface area contributed by atoms with E-state index in [0.717, 1.165) is 33.3 Å². The molecule has 0 saturated heterocycles. The molecule has 0 N–H and O–H groups in total. The first-order chi connectivity index (χ1) is 6.79. The van der Waals surface area contributed by atoms with Crippen molar-refractivity contribution >= 4 is 22.2 Å². The van der Waals surface area contributed by atoms with Crippen molar-refractivity contribution in [1.82, 2.24) is 9.97 Å². The number of hydrogen-bond donors (Lipinski definition) is 0. The highest BCUT2D eigenvalue weighted by Gasteiger charge is 2.14. The van der Waals surface area contributed by atoms with E-state index in [1.165, 1.54) is 12.8 Å². The predicted molar refractivity (Wildman–Crippen MR) is 51.1 cm³/mol. The minimum Gasteiger partial charge on any atom is -0.443 e. The highest BCUT2D eigenvalue weighted by Crippen LogP contribution is 2.29. The largest absolute Gasteiger partial charge is 0.443 e. The van der Waals surface area contributed by atoms with Crippen LogP contribution in [0.4, 0.5) is 0 Å². The summed E-state index contributed by atoms with van der Waals surface area (Å²) in [5.41, 5.74) is 5.25. The fraction of sp³-hybridized carbons (Fsp3) is 0.200. The zero-order chi connectivity index (χ0) is 9.71. The van der Waals surface area contributed by atoms with Crippen molar-refractivity contribution in [2.24, 2.45) is 0 Å². The molecule has 14 heavy (non-hydrogen) atoms. The number of aromatic nitrogens is 2. The molecule has 0 aliphatic rings. The number of oxazole rings is 2. The molecule has 0 bridgehead atoms. The topological polar surface area (TPSA) is 52.1 Å². The van der Waals surface area contributed by atoms with Crippen molar-refractivity contribution in [3.63, 3.8) is 0 Å². The molecule has 0 aliphatic carbocycles. The molecule has 2 heterocycles. The lowest BCUT2D eigenvalue weighted by Crippen LogP contribution is -1.83. The van der Waals surface area contributed by atoms with Crippen LogP contribution >= 0.6 is 0 Å². The Kier molecular flexibility index (Phi) is 1.27. The van der Waals surface area contributed by atoms with Gasteiger partial charge in [0.25, 0.3) is 0 Å². The van der Waals surface area contributed by atoms with Crippen LogP contribution in [0.1, 0.15) is 11.1 Å². The Morgan fingerprint density at radius 3 is 1.71 bits per heavy atom. The number of benzene rings is 1. The fourth-order valence-electron chi connectivity index (χ4n) is 1.77. The molecule has 4 heteroatoms. The Hall–Kier alpha value is -1.84. The molecule has 3 aromatic rings. The van der Waals surface area contributed by atoms with Crippen LogP contribution in [0.3, 0.4) is 0 Å². The van der Waals surface area contributed by atoms with Crippen molar-refractivity contribution in [3.05, 3.63) is 23.9 Å². The van der Waals surface area contributed by atoms with Crippen LogP contribution in [0.2, 0.25) is 0 Å². The van der Waals surface area contributed by atoms with Crippen LogP contribution in [0.5, 0.6) is 0 Å². The van der Waals surface area contributed by atoms with Gasteiger partial charge in [0.2, 0.25) is 0 Å². The van der Waals surface area contributed by atoms with E-state index >= 15 is 0 Å². The lowest BCUT2D eigenvalue weighted by molar-refractivity contribution is 0.598. The molecular weight excluding hydrogens is 180 g/mol. The number of rotatable bonds is 0. The van der Waals surface area contributed by atoms with E-state index in [1.807, 2.05) is 13.8 Å². The maximum atomic E-state index is 5.31. The van der Waals surface area contributed by atoms with Gasteiger partial charge < -0.3 is 8.83 Å². The van der Waals surface area contributed by atoms with Gasteiger partial charge in [-0.1, -0.05) is 0 Å². The first kappa shape index (κ1) is 7.55. The minimum absolute atomic E-state index is 0.795. The summed E-state index contributed by atoms with van der Waals surface area (Å²) in [5, 5.41) is 0. The third-order valence-electron chi connectivity index (χ3n) is 2.53. The summed E-state index contributed by atoms with van der Waals surface area (Å²) in [6, 6.07) is 0. The zero-order valence-electron chi connectivity index (χ0n) is 7.87. The van der Waals surface area contributed by atoms with Gasteiger partial charge in [-0.15, -0.1) is 0 Å². The van der Waals surface area contributed by atoms with Gasteiger partial charge in [-0.25, -0.2) is 9.97 Å². The second-order valence-corrected chi connectivity index (χ2v) is 3.31. The molecule has 2 aromatic heterocycles. The minimum atomic E-state index is 0.795. The Morgan fingerprint density at radius 2 is 1.29 bits per heavy atom. The lowest BCUT2D eigenvalue weighted by Gasteiger charge is -1.98. The Bertz CT molecular complexity index is 519. The highest BCUT2D eigenvalue weighted by molar-refractivity contribution is 5.96. The van der Waals surface area contributed by atoms with Crippen molar-refractivity contribution < 1.29 is 8.83 Å². The van der Waals surface area contributed by atoms with Crippen molar-refractivity contribution in [2.75, 3.05) is 0 Å². The van der Waals surface area contributed by atoms with Crippen LogP contribution < -0.4 is 0 Å². The summed E-state index contributed by atoms with van der Waals surface area (Å²) < 4.78 is 10.6. The van der Waals surface area contributed by atoms with Gasteiger partial charge in [-0.3, -0.25) is 0 Å². The predicted octanol–water partition coefficient (Wildman–Crippen LogP) is 2.59. The van der Waals surface area contributed by atoms with Gasteiger partial charge >= 0.3 is 0 Å². The molecule has 0 radical (unpaired) electrons. The van der Waals surface area contributed by atoms with E-state index in [1.54, 1.807) is 0 Å². The molecule has 3 rings (SSSR count). The van der Waals surface area contributed by atoms with Crippen molar-refractivity contribution in [2.45, 2.75) is 13.8 Å². The van der Waals surface area contributed by atoms with E-state index < -0.39 is 0 Å². The maximum Gasteiger partial charge on any atom is 0.182 e. The summed E-state index contributed by atoms with van der Waals surface area (Å²) in [6.07, 6.45) is 2.90. The summed E-state index contributed by atoms with van der Waals surface area (Å²) >= 11 is 0. The standard InChI is InChI=1S/C10H8N2O2/c1-5-7-10(14-3-11-7)6(2)8-9(5)13-4-12-8/h3-4H,1-2H3. The highest BCUT2D eigenvalue weighted by atomic mass is 16.3. The summed E-state index contributed by atoms with van der Waals surface area (Å²) in [5.74, 6) is 0. The quantitative estimate of drug-likeness (QED) is 0.544. The molecule has 1 aromatic carbocycles. The van der Waals surface area contributed by atoms with Crippen molar-refractivity contribution in [3.8, 4) is 0 Å². The van der Waals surface area contributed by atoms with E-state index in [0.29, 0.717) is 0 Å². The summed E-state index contributed by atoms with van der Waals surface area (Å²) in [4.78, 5) is 8.31. The number of fused-ring (bicyclic) bond motifs is 2. The molecule has 0 fully saturated rings. The fourth-order valence-corrected chi connectivity index (χ4v) is 1.77. The lowest BCUT2D eigenvalue weighted by atomic mass is 10.1. The summed E-state index contributed by atoms with van der Waals surface area (Å²) in [6.45, 7) is 3.91. The van der Waals surface area contributed by atoms with E-state index in [-0.39, 0.29) is 0 Å². The van der Waals surface area contributed by atoms with Gasteiger partial charge in [0, 0.05) is 11.1 Å². The molecule has 70 valence electrons. The molecular formula is C10H8N2O2. The first-order valence-corrected chi connectivity index (χ1v) is 4.34. The van der Waals surface area contributed by atoms with Gasteiger partial charge in [0.1, 0.15) is 11.0 Å². The molecule has 0 atom stereocenters. The van der Waals surface area contributed by atoms with Crippen LogP contribution in [0.25, 0.3) is 22.2 Å². The molecule has 0 amide bonds. The van der Waals surface area contributed by atoms with Crippen LogP contribution in [-0.2, 0) is 0 Å². The number of aryl methyl sites for hydroxylation is 2. The normalized spacial score (nSPS) is 11.6. The average molecular weight is 188 g/mol. The molecule has 4 nitrogen and oxygen atoms in total. The van der Waals surface area contributed by atoms with Crippen LogP contribution in [-0.4, -0.2) is 9.97 Å². The Labute approximate surface area is 79.6 Å². The first-order valence-electron chi connectivity index (χ1n) is 4.34. The molecule has 0 unspecified atom stereocenters. The second-order valence-electron chi connectivity index (χ2n) is 3.31. The van der Waals surface area contributed by atoms with Gasteiger partial charge in [-0.2, -0.15) is 0 Å². The van der Waals surface area contributed by atoms with E-state index in [4.69, 9.17) is 8.83 Å². The number of hydrogen-bond acceptors (Lipinski definition) is 4. The average Bonchev–Trinajstić information content (AvgIpc) is 2.82. The van der Waals surface area contributed by atoms with Crippen LogP contribution in [0, 0.1) is 13.8 Å². The molecule has 0 spiro atoms. The Morgan fingerprint density at radius 1 is 0.857 bits per heavy atom. The molecule has 0 aliphatic heterocycles. The zero-order valence-corrected chi connectivity index (χ0v) is 7.87. The molecule has 0 saturated carbocycles. The van der Waals surface area contributed by atoms with Crippen molar-refractivity contribution in [1.29, 1.82) is 0 Å². The monoisotopic (exact) mass is 188 g/mol. The van der Waals surface area contributed by atoms with E-state index in [9.17, 15) is 0 Å². The van der Waals surface area contributed by atoms with Gasteiger partial charge in [0.05, 0.1) is 0 Å². The summed E-state index contributed by atoms with van der Waals surface area (Å²) in [7, 11) is 0. The third kappa shape index (κ3) is 0.731. The Balaban J connectivity index is 2.72. The third-order valence-corrected chi connectivity index (χ3v) is 2.53. The van der Waals surface area contributed by atoms with E-state index in [2.05, 4.69) is 9.97 Å². The smallest absolute Gasteiger partial charge is 0.182 e. The van der Waals surface area contributed by atoms with Gasteiger partial charge in [-0.05, 0) is 13.8 Å². The number of nitrogens with zero attached hydrogens (tertiary/aromatic N) is 2. The maximum absolute atomic E-state index is 5.31.